The maximum absolute atomic E-state index is 13.1. The van der Waals surface area contributed by atoms with Gasteiger partial charge in [0.05, 0.1) is 12.1 Å². The summed E-state index contributed by atoms with van der Waals surface area (Å²) in [5, 5.41) is 2.75. The standard InChI is InChI=1S/C25H27N3O4/c29-23-16-32-22-9-6-18(15-21(22)26-23)25(31)27-12-10-20(11-13-27)28(19-7-8-19)24(30)14-17-4-2-1-3-5-17/h1-6,9,15,19-20H,7-8,10-14,16H2,(H,26,29). The van der Waals surface area contributed by atoms with E-state index >= 15 is 0 Å². The number of piperidine rings is 1. The summed E-state index contributed by atoms with van der Waals surface area (Å²) < 4.78 is 5.38. The van der Waals surface area contributed by atoms with E-state index in [1.807, 2.05) is 35.2 Å². The first-order valence-electron chi connectivity index (χ1n) is 11.3. The Balaban J connectivity index is 1.22. The summed E-state index contributed by atoms with van der Waals surface area (Å²) in [6.07, 6.45) is 4.14. The van der Waals surface area contributed by atoms with Crippen molar-refractivity contribution in [3.63, 3.8) is 0 Å². The van der Waals surface area contributed by atoms with Gasteiger partial charge in [-0.05, 0) is 49.4 Å². The highest BCUT2D eigenvalue weighted by Gasteiger charge is 2.39. The first-order valence-corrected chi connectivity index (χ1v) is 11.3. The van der Waals surface area contributed by atoms with Crippen molar-refractivity contribution in [2.45, 2.75) is 44.2 Å². The second-order valence-corrected chi connectivity index (χ2v) is 8.77. The van der Waals surface area contributed by atoms with Crippen LogP contribution in [-0.4, -0.2) is 59.3 Å². The number of rotatable bonds is 5. The predicted octanol–water partition coefficient (Wildman–Crippen LogP) is 2.86. The minimum atomic E-state index is -0.219. The lowest BCUT2D eigenvalue weighted by molar-refractivity contribution is -0.134. The average Bonchev–Trinajstić information content (AvgIpc) is 3.64. The fraction of sp³-hybridized carbons (Fsp3) is 0.400. The van der Waals surface area contributed by atoms with Gasteiger partial charge in [0.2, 0.25) is 5.91 Å². The second-order valence-electron chi connectivity index (χ2n) is 8.77. The Labute approximate surface area is 187 Å². The van der Waals surface area contributed by atoms with Crippen molar-refractivity contribution in [1.29, 1.82) is 0 Å². The highest BCUT2D eigenvalue weighted by Crippen LogP contribution is 2.33. The van der Waals surface area contributed by atoms with E-state index in [1.54, 1.807) is 18.2 Å². The lowest BCUT2D eigenvalue weighted by atomic mass is 10.0. The molecule has 0 spiro atoms. The predicted molar refractivity (Wildman–Crippen MR) is 120 cm³/mol. The molecule has 166 valence electrons. The number of likely N-dealkylation sites (tertiary alicyclic amines) is 1. The molecule has 7 heteroatoms. The van der Waals surface area contributed by atoms with Crippen molar-refractivity contribution in [2.75, 3.05) is 25.0 Å². The topological polar surface area (TPSA) is 79.0 Å². The number of anilines is 1. The normalized spacial score (nSPS) is 18.4. The molecular weight excluding hydrogens is 406 g/mol. The Morgan fingerprint density at radius 1 is 1.00 bits per heavy atom. The van der Waals surface area contributed by atoms with Gasteiger partial charge in [0.1, 0.15) is 5.75 Å². The van der Waals surface area contributed by atoms with Crippen molar-refractivity contribution in [3.8, 4) is 5.75 Å². The first kappa shape index (κ1) is 20.5. The van der Waals surface area contributed by atoms with Gasteiger partial charge in [0.15, 0.2) is 6.61 Å². The van der Waals surface area contributed by atoms with Crippen LogP contribution in [0.2, 0.25) is 0 Å². The fourth-order valence-corrected chi connectivity index (χ4v) is 4.67. The van der Waals surface area contributed by atoms with Crippen molar-refractivity contribution < 1.29 is 19.1 Å². The quantitative estimate of drug-likeness (QED) is 0.787. The average molecular weight is 434 g/mol. The molecule has 1 saturated heterocycles. The van der Waals surface area contributed by atoms with Crippen molar-refractivity contribution in [1.82, 2.24) is 9.80 Å². The molecular formula is C25H27N3O4. The number of fused-ring (bicyclic) bond motifs is 1. The molecule has 1 aliphatic carbocycles. The molecule has 2 fully saturated rings. The van der Waals surface area contributed by atoms with Crippen LogP contribution in [0.4, 0.5) is 5.69 Å². The highest BCUT2D eigenvalue weighted by atomic mass is 16.5. The van der Waals surface area contributed by atoms with Crippen LogP contribution in [0.3, 0.4) is 0 Å². The Hall–Kier alpha value is -3.35. The Morgan fingerprint density at radius 3 is 2.44 bits per heavy atom. The molecule has 5 rings (SSSR count). The molecule has 1 N–H and O–H groups in total. The fourth-order valence-electron chi connectivity index (χ4n) is 4.67. The molecule has 7 nitrogen and oxygen atoms in total. The van der Waals surface area contributed by atoms with E-state index in [-0.39, 0.29) is 30.4 Å². The summed E-state index contributed by atoms with van der Waals surface area (Å²) in [5.41, 5.74) is 2.11. The third-order valence-corrected chi connectivity index (χ3v) is 6.43. The summed E-state index contributed by atoms with van der Waals surface area (Å²) in [7, 11) is 0. The lowest BCUT2D eigenvalue weighted by Gasteiger charge is -2.39. The van der Waals surface area contributed by atoms with Crippen LogP contribution in [-0.2, 0) is 16.0 Å². The number of nitrogens with one attached hydrogen (secondary N) is 1. The molecule has 0 aromatic heterocycles. The SMILES string of the molecule is O=C1COc2ccc(C(=O)N3CCC(N(C(=O)Cc4ccccc4)C4CC4)CC3)cc2N1. The number of carbonyl (C=O) groups is 3. The molecule has 3 aliphatic rings. The Morgan fingerprint density at radius 2 is 1.72 bits per heavy atom. The molecule has 2 heterocycles. The highest BCUT2D eigenvalue weighted by molar-refractivity contribution is 5.99. The van der Waals surface area contributed by atoms with E-state index in [9.17, 15) is 14.4 Å². The number of carbonyl (C=O) groups excluding carboxylic acids is 3. The minimum Gasteiger partial charge on any atom is -0.482 e. The van der Waals surface area contributed by atoms with E-state index < -0.39 is 0 Å². The van der Waals surface area contributed by atoms with Gasteiger partial charge in [-0.3, -0.25) is 14.4 Å². The second kappa shape index (κ2) is 8.65. The van der Waals surface area contributed by atoms with Crippen molar-refractivity contribution in [3.05, 3.63) is 59.7 Å². The van der Waals surface area contributed by atoms with Crippen LogP contribution in [0.25, 0.3) is 0 Å². The zero-order chi connectivity index (χ0) is 22.1. The maximum Gasteiger partial charge on any atom is 0.262 e. The molecule has 3 amide bonds. The van der Waals surface area contributed by atoms with Crippen LogP contribution in [0.1, 0.15) is 41.6 Å². The van der Waals surface area contributed by atoms with E-state index in [0.29, 0.717) is 42.6 Å². The maximum atomic E-state index is 13.1. The van der Waals surface area contributed by atoms with Gasteiger partial charge in [0, 0.05) is 30.7 Å². The number of hydrogen-bond acceptors (Lipinski definition) is 4. The van der Waals surface area contributed by atoms with Crippen LogP contribution in [0.15, 0.2) is 48.5 Å². The van der Waals surface area contributed by atoms with Gasteiger partial charge < -0.3 is 19.9 Å². The van der Waals surface area contributed by atoms with Crippen molar-refractivity contribution >= 4 is 23.4 Å². The van der Waals surface area contributed by atoms with E-state index in [2.05, 4.69) is 10.2 Å². The summed E-state index contributed by atoms with van der Waals surface area (Å²) in [6.45, 7) is 1.23. The molecule has 32 heavy (non-hydrogen) atoms. The zero-order valence-electron chi connectivity index (χ0n) is 18.0. The number of nitrogens with zero attached hydrogens (tertiary/aromatic N) is 2. The van der Waals surface area contributed by atoms with Gasteiger partial charge in [-0.15, -0.1) is 0 Å². The Bertz CT molecular complexity index is 1030. The van der Waals surface area contributed by atoms with Gasteiger partial charge in [-0.25, -0.2) is 0 Å². The molecule has 0 radical (unpaired) electrons. The molecule has 2 aromatic rings. The van der Waals surface area contributed by atoms with Gasteiger partial charge in [-0.2, -0.15) is 0 Å². The van der Waals surface area contributed by atoms with Gasteiger partial charge in [0.25, 0.3) is 11.8 Å². The molecule has 0 bridgehead atoms. The number of amides is 3. The molecule has 0 unspecified atom stereocenters. The van der Waals surface area contributed by atoms with Crippen LogP contribution in [0, 0.1) is 0 Å². The van der Waals surface area contributed by atoms with Crippen LogP contribution >= 0.6 is 0 Å². The molecule has 0 atom stereocenters. The lowest BCUT2D eigenvalue weighted by Crippen LogP contribution is -2.50. The largest absolute Gasteiger partial charge is 0.482 e. The van der Waals surface area contributed by atoms with E-state index in [4.69, 9.17) is 4.74 Å². The first-order chi connectivity index (χ1) is 15.6. The third kappa shape index (κ3) is 4.33. The van der Waals surface area contributed by atoms with Crippen LogP contribution < -0.4 is 10.1 Å². The van der Waals surface area contributed by atoms with E-state index in [0.717, 1.165) is 31.2 Å². The van der Waals surface area contributed by atoms with Crippen molar-refractivity contribution in [2.24, 2.45) is 0 Å². The van der Waals surface area contributed by atoms with Gasteiger partial charge >= 0.3 is 0 Å². The number of ether oxygens (including phenoxy) is 1. The molecule has 1 saturated carbocycles. The molecule has 2 aromatic carbocycles. The third-order valence-electron chi connectivity index (χ3n) is 6.43. The summed E-state index contributed by atoms with van der Waals surface area (Å²) in [5.74, 6) is 0.494. The zero-order valence-corrected chi connectivity index (χ0v) is 18.0. The summed E-state index contributed by atoms with van der Waals surface area (Å²) >= 11 is 0. The number of benzene rings is 2. The minimum absolute atomic E-state index is 0.00566. The van der Waals surface area contributed by atoms with Gasteiger partial charge in [-0.1, -0.05) is 30.3 Å². The molecule has 2 aliphatic heterocycles. The smallest absolute Gasteiger partial charge is 0.262 e. The summed E-state index contributed by atoms with van der Waals surface area (Å²) in [4.78, 5) is 41.7. The summed E-state index contributed by atoms with van der Waals surface area (Å²) in [6, 6.07) is 15.6. The Kier molecular flexibility index (Phi) is 5.55. The monoisotopic (exact) mass is 433 g/mol. The van der Waals surface area contributed by atoms with Crippen LogP contribution in [0.5, 0.6) is 5.75 Å². The van der Waals surface area contributed by atoms with E-state index in [1.165, 1.54) is 0 Å². The number of hydrogen-bond donors (Lipinski definition) is 1.